The first kappa shape index (κ1) is 8.99. The molecule has 1 aromatic heterocycles. The quantitative estimate of drug-likeness (QED) is 0.777. The Kier molecular flexibility index (Phi) is 2.11. The molecule has 74 valence electrons. The molecule has 14 heavy (non-hydrogen) atoms. The van der Waals surface area contributed by atoms with Crippen LogP contribution in [0, 0.1) is 6.92 Å². The summed E-state index contributed by atoms with van der Waals surface area (Å²) >= 11 is 0. The van der Waals surface area contributed by atoms with Crippen molar-refractivity contribution in [2.24, 2.45) is 5.73 Å². The molecule has 0 atom stereocenters. The Bertz CT molecular complexity index is 372. The molecule has 2 N–H and O–H groups in total. The molecule has 1 aliphatic rings. The van der Waals surface area contributed by atoms with Crippen molar-refractivity contribution in [3.8, 4) is 5.75 Å². The second kappa shape index (κ2) is 3.29. The van der Waals surface area contributed by atoms with E-state index in [4.69, 9.17) is 10.5 Å². The molecule has 0 radical (unpaired) electrons. The Hall–Kier alpha value is -1.58. The van der Waals surface area contributed by atoms with E-state index in [-0.39, 0.29) is 5.69 Å². The van der Waals surface area contributed by atoms with Crippen LogP contribution in [-0.4, -0.2) is 17.0 Å². The third-order valence-electron chi connectivity index (χ3n) is 2.12. The summed E-state index contributed by atoms with van der Waals surface area (Å²) in [5.74, 6) is 0.196. The van der Waals surface area contributed by atoms with Crippen molar-refractivity contribution in [1.82, 2.24) is 4.98 Å². The molecule has 1 fully saturated rings. The average Bonchev–Trinajstić information content (AvgIpc) is 2.92. The average molecular weight is 192 g/mol. The number of hydrogen-bond donors (Lipinski definition) is 1. The molecule has 4 heteroatoms. The highest BCUT2D eigenvalue weighted by atomic mass is 16.5. The van der Waals surface area contributed by atoms with Crippen molar-refractivity contribution < 1.29 is 9.53 Å². The van der Waals surface area contributed by atoms with Gasteiger partial charge in [-0.05, 0) is 19.8 Å². The highest BCUT2D eigenvalue weighted by molar-refractivity contribution is 5.91. The second-order valence-corrected chi connectivity index (χ2v) is 3.52. The van der Waals surface area contributed by atoms with E-state index in [2.05, 4.69) is 4.98 Å². The van der Waals surface area contributed by atoms with Gasteiger partial charge in [0, 0.05) is 17.8 Å². The SMILES string of the molecule is Cc1cnc(C(N)=O)cc1OC1CC1. The Morgan fingerprint density at radius 2 is 2.36 bits per heavy atom. The maximum absolute atomic E-state index is 10.9. The lowest BCUT2D eigenvalue weighted by Gasteiger charge is -2.07. The van der Waals surface area contributed by atoms with E-state index in [1.165, 1.54) is 0 Å². The number of carbonyl (C=O) groups excluding carboxylic acids is 1. The van der Waals surface area contributed by atoms with Crippen LogP contribution in [0.15, 0.2) is 12.3 Å². The van der Waals surface area contributed by atoms with Gasteiger partial charge in [0.05, 0.1) is 6.10 Å². The Balaban J connectivity index is 2.26. The number of ether oxygens (including phenoxy) is 1. The molecule has 0 spiro atoms. The summed E-state index contributed by atoms with van der Waals surface area (Å²) in [5.41, 5.74) is 6.31. The van der Waals surface area contributed by atoms with Gasteiger partial charge in [-0.3, -0.25) is 9.78 Å². The zero-order valence-electron chi connectivity index (χ0n) is 7.99. The molecule has 1 aromatic rings. The minimum absolute atomic E-state index is 0.256. The first-order chi connectivity index (χ1) is 6.66. The Morgan fingerprint density at radius 1 is 1.64 bits per heavy atom. The molecule has 1 heterocycles. The summed E-state index contributed by atoms with van der Waals surface area (Å²) in [6.45, 7) is 1.90. The van der Waals surface area contributed by atoms with Gasteiger partial charge in [-0.25, -0.2) is 0 Å². The molecule has 1 amide bonds. The molecule has 0 bridgehead atoms. The number of aromatic nitrogens is 1. The van der Waals surface area contributed by atoms with E-state index in [1.807, 2.05) is 6.92 Å². The van der Waals surface area contributed by atoms with Gasteiger partial charge in [0.25, 0.3) is 5.91 Å². The van der Waals surface area contributed by atoms with Gasteiger partial charge in [0.15, 0.2) is 0 Å². The fourth-order valence-corrected chi connectivity index (χ4v) is 1.13. The minimum Gasteiger partial charge on any atom is -0.490 e. The summed E-state index contributed by atoms with van der Waals surface area (Å²) in [7, 11) is 0. The van der Waals surface area contributed by atoms with Gasteiger partial charge in [-0.2, -0.15) is 0 Å². The molecule has 0 aromatic carbocycles. The van der Waals surface area contributed by atoms with Gasteiger partial charge in [-0.15, -0.1) is 0 Å². The second-order valence-electron chi connectivity index (χ2n) is 3.52. The van der Waals surface area contributed by atoms with Crippen LogP contribution < -0.4 is 10.5 Å². The highest BCUT2D eigenvalue weighted by Crippen LogP contribution is 2.28. The first-order valence-electron chi connectivity index (χ1n) is 4.60. The molecule has 4 nitrogen and oxygen atoms in total. The van der Waals surface area contributed by atoms with Crippen LogP contribution in [0.2, 0.25) is 0 Å². The monoisotopic (exact) mass is 192 g/mol. The summed E-state index contributed by atoms with van der Waals surface area (Å²) < 4.78 is 5.60. The summed E-state index contributed by atoms with van der Waals surface area (Å²) in [6, 6.07) is 1.61. The molecule has 0 aliphatic heterocycles. The van der Waals surface area contributed by atoms with Crippen molar-refractivity contribution in [3.63, 3.8) is 0 Å². The fourth-order valence-electron chi connectivity index (χ4n) is 1.13. The number of amides is 1. The maximum atomic E-state index is 10.9. The number of pyridine rings is 1. The first-order valence-corrected chi connectivity index (χ1v) is 4.60. The summed E-state index contributed by atoms with van der Waals surface area (Å²) in [6.07, 6.45) is 4.11. The van der Waals surface area contributed by atoms with E-state index in [0.717, 1.165) is 24.2 Å². The van der Waals surface area contributed by atoms with E-state index >= 15 is 0 Å². The molecular weight excluding hydrogens is 180 g/mol. The molecule has 1 aliphatic carbocycles. The van der Waals surface area contributed by atoms with Crippen molar-refractivity contribution in [2.45, 2.75) is 25.9 Å². The van der Waals surface area contributed by atoms with E-state index in [9.17, 15) is 4.79 Å². The van der Waals surface area contributed by atoms with Gasteiger partial charge < -0.3 is 10.5 Å². The highest BCUT2D eigenvalue weighted by Gasteiger charge is 2.24. The third kappa shape index (κ3) is 1.84. The van der Waals surface area contributed by atoms with Crippen molar-refractivity contribution in [1.29, 1.82) is 0 Å². The Morgan fingerprint density at radius 3 is 2.93 bits per heavy atom. The fraction of sp³-hybridized carbons (Fsp3) is 0.400. The van der Waals surface area contributed by atoms with Gasteiger partial charge in [0.1, 0.15) is 11.4 Å². The summed E-state index contributed by atoms with van der Waals surface area (Å²) in [5, 5.41) is 0. The maximum Gasteiger partial charge on any atom is 0.267 e. The molecule has 2 rings (SSSR count). The van der Waals surface area contributed by atoms with Crippen LogP contribution in [0.5, 0.6) is 5.75 Å². The van der Waals surface area contributed by atoms with Crippen LogP contribution >= 0.6 is 0 Å². The molecule has 0 unspecified atom stereocenters. The lowest BCUT2D eigenvalue weighted by molar-refractivity contribution is 0.0995. The zero-order valence-corrected chi connectivity index (χ0v) is 7.99. The van der Waals surface area contributed by atoms with Crippen molar-refractivity contribution >= 4 is 5.91 Å². The van der Waals surface area contributed by atoms with E-state index in [0.29, 0.717) is 6.10 Å². The number of nitrogens with two attached hydrogens (primary N) is 1. The zero-order chi connectivity index (χ0) is 10.1. The van der Waals surface area contributed by atoms with Crippen molar-refractivity contribution in [3.05, 3.63) is 23.5 Å². The molecular formula is C10H12N2O2. The predicted molar refractivity (Wildman–Crippen MR) is 51.1 cm³/mol. The third-order valence-corrected chi connectivity index (χ3v) is 2.12. The number of carbonyl (C=O) groups is 1. The van der Waals surface area contributed by atoms with Gasteiger partial charge >= 0.3 is 0 Å². The standard InChI is InChI=1S/C10H12N2O2/c1-6-5-12-8(10(11)13)4-9(6)14-7-2-3-7/h4-5,7H,2-3H2,1H3,(H2,11,13). The van der Waals surface area contributed by atoms with Crippen LogP contribution in [0.3, 0.4) is 0 Å². The lowest BCUT2D eigenvalue weighted by Crippen LogP contribution is -2.13. The van der Waals surface area contributed by atoms with Crippen LogP contribution in [-0.2, 0) is 0 Å². The predicted octanol–water partition coefficient (Wildman–Crippen LogP) is 1.03. The number of primary amides is 1. The van der Waals surface area contributed by atoms with Crippen LogP contribution in [0.25, 0.3) is 0 Å². The lowest BCUT2D eigenvalue weighted by atomic mass is 10.2. The number of rotatable bonds is 3. The minimum atomic E-state index is -0.523. The number of nitrogens with zero attached hydrogens (tertiary/aromatic N) is 1. The topological polar surface area (TPSA) is 65.2 Å². The number of hydrogen-bond acceptors (Lipinski definition) is 3. The van der Waals surface area contributed by atoms with E-state index < -0.39 is 5.91 Å². The van der Waals surface area contributed by atoms with Gasteiger partial charge in [0.2, 0.25) is 0 Å². The molecule has 1 saturated carbocycles. The van der Waals surface area contributed by atoms with Gasteiger partial charge in [-0.1, -0.05) is 0 Å². The normalized spacial score (nSPS) is 15.2. The smallest absolute Gasteiger partial charge is 0.267 e. The van der Waals surface area contributed by atoms with Crippen LogP contribution in [0.1, 0.15) is 28.9 Å². The Labute approximate surface area is 82.1 Å². The largest absolute Gasteiger partial charge is 0.490 e. The number of aryl methyl sites for hydroxylation is 1. The summed E-state index contributed by atoms with van der Waals surface area (Å²) in [4.78, 5) is 14.8. The van der Waals surface area contributed by atoms with Crippen LogP contribution in [0.4, 0.5) is 0 Å². The van der Waals surface area contributed by atoms with E-state index in [1.54, 1.807) is 12.3 Å². The van der Waals surface area contributed by atoms with Crippen molar-refractivity contribution in [2.75, 3.05) is 0 Å². The molecule has 0 saturated heterocycles.